The number of benzene rings is 2. The van der Waals surface area contributed by atoms with Crippen molar-refractivity contribution in [1.29, 1.82) is 0 Å². The molecule has 2 N–H and O–H groups in total. The van der Waals surface area contributed by atoms with Gasteiger partial charge >= 0.3 is 0 Å². The predicted molar refractivity (Wildman–Crippen MR) is 99.5 cm³/mol. The fourth-order valence-electron chi connectivity index (χ4n) is 2.52. The monoisotopic (exact) mass is 343 g/mol. The second-order valence-corrected chi connectivity index (χ2v) is 5.97. The van der Waals surface area contributed by atoms with Gasteiger partial charge < -0.3 is 19.7 Å². The van der Waals surface area contributed by atoms with E-state index >= 15 is 0 Å². The number of anilines is 1. The van der Waals surface area contributed by atoms with Crippen LogP contribution >= 0.6 is 0 Å². The molecule has 0 fully saturated rings. The van der Waals surface area contributed by atoms with Crippen LogP contribution in [-0.2, 0) is 4.79 Å². The van der Waals surface area contributed by atoms with Crippen LogP contribution in [-0.4, -0.2) is 39.3 Å². The van der Waals surface area contributed by atoms with E-state index in [0.29, 0.717) is 13.2 Å². The van der Waals surface area contributed by atoms with Gasteiger partial charge in [0.15, 0.2) is 6.54 Å². The number of ether oxygens (including phenoxy) is 2. The second-order valence-electron chi connectivity index (χ2n) is 5.97. The van der Waals surface area contributed by atoms with Gasteiger partial charge in [-0.25, -0.2) is 0 Å². The molecule has 0 aliphatic carbocycles. The first kappa shape index (κ1) is 18.8. The molecule has 0 saturated heterocycles. The minimum atomic E-state index is -0.00225. The third-order valence-electron chi connectivity index (χ3n) is 4.00. The van der Waals surface area contributed by atoms with E-state index < -0.39 is 0 Å². The van der Waals surface area contributed by atoms with Gasteiger partial charge in [-0.2, -0.15) is 0 Å². The number of nitrogens with one attached hydrogen (secondary N) is 2. The largest absolute Gasteiger partial charge is 0.497 e. The molecular formula is C20H27N2O3+. The summed E-state index contributed by atoms with van der Waals surface area (Å²) in [5, 5.41) is 2.92. The fraction of sp³-hybridized carbons (Fsp3) is 0.350. The van der Waals surface area contributed by atoms with Gasteiger partial charge in [-0.1, -0.05) is 12.1 Å². The van der Waals surface area contributed by atoms with Crippen molar-refractivity contribution in [2.75, 3.05) is 38.7 Å². The van der Waals surface area contributed by atoms with Crippen LogP contribution in [0.4, 0.5) is 5.69 Å². The number of aryl methyl sites for hydroxylation is 1. The van der Waals surface area contributed by atoms with Crippen molar-refractivity contribution >= 4 is 11.6 Å². The minimum Gasteiger partial charge on any atom is -0.497 e. The molecule has 0 aliphatic heterocycles. The smallest absolute Gasteiger partial charge is 0.279 e. The highest BCUT2D eigenvalue weighted by atomic mass is 16.5. The molecule has 0 aliphatic rings. The summed E-state index contributed by atoms with van der Waals surface area (Å²) in [6, 6.07) is 15.3. The van der Waals surface area contributed by atoms with E-state index in [-0.39, 0.29) is 5.91 Å². The standard InChI is InChI=1S/C20H26N2O3/c1-4-22(12-13-25-19-7-5-6-16(2)14-19)15-20(23)21-17-8-10-18(24-3)11-9-17/h5-11,14H,4,12-13,15H2,1-3H3,(H,21,23)/p+1. The van der Waals surface area contributed by atoms with Crippen molar-refractivity contribution < 1.29 is 19.2 Å². The molecule has 0 spiro atoms. The quantitative estimate of drug-likeness (QED) is 0.731. The first-order valence-corrected chi connectivity index (χ1v) is 8.57. The summed E-state index contributed by atoms with van der Waals surface area (Å²) in [7, 11) is 1.62. The number of carbonyl (C=O) groups excluding carboxylic acids is 1. The molecule has 25 heavy (non-hydrogen) atoms. The van der Waals surface area contributed by atoms with Gasteiger partial charge in [-0.15, -0.1) is 0 Å². The van der Waals surface area contributed by atoms with Gasteiger partial charge in [-0.3, -0.25) is 4.79 Å². The van der Waals surface area contributed by atoms with Crippen LogP contribution in [0, 0.1) is 6.92 Å². The molecule has 1 amide bonds. The molecule has 1 unspecified atom stereocenters. The fourth-order valence-corrected chi connectivity index (χ4v) is 2.52. The molecule has 1 atom stereocenters. The SMILES string of the molecule is CC[NH+](CCOc1cccc(C)c1)CC(=O)Nc1ccc(OC)cc1. The first-order valence-electron chi connectivity index (χ1n) is 8.57. The van der Waals surface area contributed by atoms with Gasteiger partial charge in [0.1, 0.15) is 24.7 Å². The number of quaternary nitrogens is 1. The van der Waals surface area contributed by atoms with Crippen LogP contribution in [0.3, 0.4) is 0 Å². The number of likely N-dealkylation sites (N-methyl/N-ethyl adjacent to an activating group) is 1. The Kier molecular flexibility index (Phi) is 7.29. The summed E-state index contributed by atoms with van der Waals surface area (Å²) < 4.78 is 10.9. The van der Waals surface area contributed by atoms with Crippen LogP contribution in [0.25, 0.3) is 0 Å². The van der Waals surface area contributed by atoms with E-state index in [0.717, 1.165) is 30.3 Å². The Morgan fingerprint density at radius 1 is 1.12 bits per heavy atom. The van der Waals surface area contributed by atoms with Crippen LogP contribution in [0.15, 0.2) is 48.5 Å². The van der Waals surface area contributed by atoms with Crippen LogP contribution in [0.5, 0.6) is 11.5 Å². The summed E-state index contributed by atoms with van der Waals surface area (Å²) in [6.07, 6.45) is 0. The number of rotatable bonds is 9. The Hall–Kier alpha value is -2.53. The van der Waals surface area contributed by atoms with Gasteiger partial charge in [0.25, 0.3) is 5.91 Å². The Labute approximate surface area is 149 Å². The van der Waals surface area contributed by atoms with Crippen molar-refractivity contribution in [1.82, 2.24) is 0 Å². The Balaban J connectivity index is 1.76. The van der Waals surface area contributed by atoms with Gasteiger partial charge in [0.2, 0.25) is 0 Å². The van der Waals surface area contributed by atoms with Crippen molar-refractivity contribution in [3.63, 3.8) is 0 Å². The maximum absolute atomic E-state index is 12.2. The van der Waals surface area contributed by atoms with E-state index in [2.05, 4.69) is 12.2 Å². The number of carbonyl (C=O) groups is 1. The highest BCUT2D eigenvalue weighted by Crippen LogP contribution is 2.14. The third kappa shape index (κ3) is 6.47. The molecule has 0 bridgehead atoms. The number of hydrogen-bond donors (Lipinski definition) is 2. The van der Waals surface area contributed by atoms with Gasteiger partial charge in [0, 0.05) is 5.69 Å². The van der Waals surface area contributed by atoms with Crippen LogP contribution < -0.4 is 19.7 Å². The summed E-state index contributed by atoms with van der Waals surface area (Å²) in [4.78, 5) is 13.4. The van der Waals surface area contributed by atoms with Gasteiger partial charge in [-0.05, 0) is 55.8 Å². The maximum Gasteiger partial charge on any atom is 0.279 e. The third-order valence-corrected chi connectivity index (χ3v) is 4.00. The summed E-state index contributed by atoms with van der Waals surface area (Å²) in [6.45, 7) is 6.76. The van der Waals surface area contributed by atoms with Gasteiger partial charge in [0.05, 0.1) is 13.7 Å². The lowest BCUT2D eigenvalue weighted by atomic mass is 10.2. The molecule has 2 aromatic carbocycles. The Morgan fingerprint density at radius 2 is 1.88 bits per heavy atom. The molecule has 5 nitrogen and oxygen atoms in total. The molecule has 134 valence electrons. The van der Waals surface area contributed by atoms with Crippen LogP contribution in [0.2, 0.25) is 0 Å². The van der Waals surface area contributed by atoms with E-state index in [1.165, 1.54) is 10.5 Å². The van der Waals surface area contributed by atoms with E-state index in [1.807, 2.05) is 55.5 Å². The highest BCUT2D eigenvalue weighted by molar-refractivity contribution is 5.91. The van der Waals surface area contributed by atoms with Crippen molar-refractivity contribution in [2.24, 2.45) is 0 Å². The van der Waals surface area contributed by atoms with Crippen molar-refractivity contribution in [2.45, 2.75) is 13.8 Å². The minimum absolute atomic E-state index is 0.00225. The van der Waals surface area contributed by atoms with Crippen LogP contribution in [0.1, 0.15) is 12.5 Å². The molecule has 2 rings (SSSR count). The molecule has 0 aromatic heterocycles. The van der Waals surface area contributed by atoms with E-state index in [1.54, 1.807) is 7.11 Å². The molecule has 0 heterocycles. The average molecular weight is 343 g/mol. The van der Waals surface area contributed by atoms with E-state index in [4.69, 9.17) is 9.47 Å². The first-order chi connectivity index (χ1) is 12.1. The second kappa shape index (κ2) is 9.69. The molecular weight excluding hydrogens is 316 g/mol. The van der Waals surface area contributed by atoms with Crippen molar-refractivity contribution in [3.05, 3.63) is 54.1 Å². The highest BCUT2D eigenvalue weighted by Gasteiger charge is 2.13. The lowest BCUT2D eigenvalue weighted by Gasteiger charge is -2.17. The summed E-state index contributed by atoms with van der Waals surface area (Å²) >= 11 is 0. The van der Waals surface area contributed by atoms with E-state index in [9.17, 15) is 4.79 Å². The number of hydrogen-bond acceptors (Lipinski definition) is 3. The molecule has 2 aromatic rings. The zero-order chi connectivity index (χ0) is 18.1. The Bertz CT molecular complexity index is 671. The zero-order valence-corrected chi connectivity index (χ0v) is 15.2. The topological polar surface area (TPSA) is 52.0 Å². The predicted octanol–water partition coefficient (Wildman–Crippen LogP) is 1.93. The normalized spacial score (nSPS) is 11.6. The number of methoxy groups -OCH3 is 1. The lowest BCUT2D eigenvalue weighted by molar-refractivity contribution is -0.889. The number of amides is 1. The average Bonchev–Trinajstić information content (AvgIpc) is 2.61. The molecule has 0 saturated carbocycles. The zero-order valence-electron chi connectivity index (χ0n) is 15.2. The molecule has 5 heteroatoms. The lowest BCUT2D eigenvalue weighted by Crippen LogP contribution is -3.13. The maximum atomic E-state index is 12.2. The summed E-state index contributed by atoms with van der Waals surface area (Å²) in [5.41, 5.74) is 1.95. The Morgan fingerprint density at radius 3 is 2.52 bits per heavy atom. The summed E-state index contributed by atoms with van der Waals surface area (Å²) in [5.74, 6) is 1.64. The van der Waals surface area contributed by atoms with Crippen molar-refractivity contribution in [3.8, 4) is 11.5 Å². The molecule has 0 radical (unpaired) electrons.